The van der Waals surface area contributed by atoms with Crippen LogP contribution in [0.2, 0.25) is 0 Å². The van der Waals surface area contributed by atoms with E-state index in [-0.39, 0.29) is 12.3 Å². The molecule has 0 N–H and O–H groups in total. The van der Waals surface area contributed by atoms with E-state index in [1.165, 1.54) is 4.68 Å². The molecule has 2 rings (SSSR count). The summed E-state index contributed by atoms with van der Waals surface area (Å²) in [6, 6.07) is 7.28. The third-order valence-corrected chi connectivity index (χ3v) is 2.76. The number of hydrogen-bond donors (Lipinski definition) is 0. The predicted molar refractivity (Wildman–Crippen MR) is 76.3 cm³/mol. The van der Waals surface area contributed by atoms with Crippen LogP contribution in [0.15, 0.2) is 24.3 Å². The maximum absolute atomic E-state index is 12.1. The first-order valence-electron chi connectivity index (χ1n) is 6.44. The highest BCUT2D eigenvalue weighted by Crippen LogP contribution is 2.17. The van der Waals surface area contributed by atoms with Gasteiger partial charge in [0.25, 0.3) is 0 Å². The van der Waals surface area contributed by atoms with E-state index in [1.807, 2.05) is 12.1 Å². The van der Waals surface area contributed by atoms with Gasteiger partial charge < -0.3 is 9.47 Å². The molecule has 7 nitrogen and oxygen atoms in total. The molecule has 0 atom stereocenters. The standard InChI is InChI=1S/C14H16N4O3/c1-4-21-14(19)13(18-10(2)15-16-17-18)9-11-5-7-12(20-3)8-6-11/h5-9H,4H2,1-3H3. The molecule has 1 aromatic carbocycles. The van der Waals surface area contributed by atoms with E-state index in [9.17, 15) is 4.79 Å². The Balaban J connectivity index is 2.40. The van der Waals surface area contributed by atoms with Gasteiger partial charge in [-0.15, -0.1) is 5.10 Å². The van der Waals surface area contributed by atoms with Crippen molar-refractivity contribution in [1.82, 2.24) is 20.2 Å². The van der Waals surface area contributed by atoms with Crippen LogP contribution < -0.4 is 4.74 Å². The Morgan fingerprint density at radius 2 is 2.05 bits per heavy atom. The van der Waals surface area contributed by atoms with Crippen LogP contribution >= 0.6 is 0 Å². The fraction of sp³-hybridized carbons (Fsp3) is 0.286. The quantitative estimate of drug-likeness (QED) is 0.613. The third kappa shape index (κ3) is 3.44. The zero-order valence-corrected chi connectivity index (χ0v) is 12.1. The van der Waals surface area contributed by atoms with Gasteiger partial charge in [-0.2, -0.15) is 4.68 Å². The number of methoxy groups -OCH3 is 1. The van der Waals surface area contributed by atoms with Gasteiger partial charge in [0.05, 0.1) is 13.7 Å². The lowest BCUT2D eigenvalue weighted by Crippen LogP contribution is -2.14. The molecule has 1 aromatic heterocycles. The van der Waals surface area contributed by atoms with E-state index in [4.69, 9.17) is 9.47 Å². The minimum absolute atomic E-state index is 0.254. The lowest BCUT2D eigenvalue weighted by molar-refractivity contribution is -0.136. The topological polar surface area (TPSA) is 79.1 Å². The molecule has 0 aliphatic carbocycles. The molecule has 0 spiro atoms. The number of rotatable bonds is 5. The Morgan fingerprint density at radius 3 is 2.57 bits per heavy atom. The fourth-order valence-corrected chi connectivity index (χ4v) is 1.72. The number of tetrazole rings is 1. The number of hydrogen-bond acceptors (Lipinski definition) is 6. The molecule has 0 radical (unpaired) electrons. The van der Waals surface area contributed by atoms with Crippen LogP contribution in [0.1, 0.15) is 18.3 Å². The highest BCUT2D eigenvalue weighted by molar-refractivity contribution is 6.15. The van der Waals surface area contributed by atoms with Gasteiger partial charge in [0, 0.05) is 0 Å². The van der Waals surface area contributed by atoms with Crippen molar-refractivity contribution < 1.29 is 14.3 Å². The van der Waals surface area contributed by atoms with Crippen molar-refractivity contribution in [2.75, 3.05) is 13.7 Å². The van der Waals surface area contributed by atoms with Crippen LogP contribution in [0.3, 0.4) is 0 Å². The van der Waals surface area contributed by atoms with Crippen molar-refractivity contribution in [3.63, 3.8) is 0 Å². The van der Waals surface area contributed by atoms with Crippen molar-refractivity contribution in [2.24, 2.45) is 0 Å². The second-order valence-corrected chi connectivity index (χ2v) is 4.16. The summed E-state index contributed by atoms with van der Waals surface area (Å²) in [7, 11) is 1.60. The largest absolute Gasteiger partial charge is 0.497 e. The number of nitrogens with zero attached hydrogens (tertiary/aromatic N) is 4. The predicted octanol–water partition coefficient (Wildman–Crippen LogP) is 1.55. The Labute approximate surface area is 122 Å². The average molecular weight is 288 g/mol. The number of aryl methyl sites for hydroxylation is 1. The number of carbonyl (C=O) groups is 1. The van der Waals surface area contributed by atoms with Gasteiger partial charge in [-0.1, -0.05) is 12.1 Å². The van der Waals surface area contributed by atoms with Crippen molar-refractivity contribution in [2.45, 2.75) is 13.8 Å². The Hall–Kier alpha value is -2.70. The van der Waals surface area contributed by atoms with Crippen LogP contribution in [0.25, 0.3) is 11.8 Å². The first kappa shape index (κ1) is 14.7. The van der Waals surface area contributed by atoms with Crippen LogP contribution in [0, 0.1) is 6.92 Å². The molecule has 2 aromatic rings. The van der Waals surface area contributed by atoms with Crippen molar-refractivity contribution in [3.05, 3.63) is 35.7 Å². The molecule has 0 saturated carbocycles. The van der Waals surface area contributed by atoms with Crippen LogP contribution in [0.5, 0.6) is 5.75 Å². The molecule has 0 unspecified atom stereocenters. The summed E-state index contributed by atoms with van der Waals surface area (Å²) in [4.78, 5) is 12.1. The molecule has 0 saturated heterocycles. The highest BCUT2D eigenvalue weighted by Gasteiger charge is 2.17. The monoisotopic (exact) mass is 288 g/mol. The number of benzene rings is 1. The smallest absolute Gasteiger partial charge is 0.357 e. The summed E-state index contributed by atoms with van der Waals surface area (Å²) in [5.41, 5.74) is 1.07. The molecule has 1 heterocycles. The van der Waals surface area contributed by atoms with E-state index >= 15 is 0 Å². The molecule has 0 aliphatic heterocycles. The summed E-state index contributed by atoms with van der Waals surface area (Å²) in [5, 5.41) is 11.1. The Kier molecular flexibility index (Phi) is 4.65. The van der Waals surface area contributed by atoms with E-state index < -0.39 is 5.97 Å². The highest BCUT2D eigenvalue weighted by atomic mass is 16.5. The summed E-state index contributed by atoms with van der Waals surface area (Å²) >= 11 is 0. The molecule has 110 valence electrons. The van der Waals surface area contributed by atoms with E-state index in [1.54, 1.807) is 39.2 Å². The van der Waals surface area contributed by atoms with Gasteiger partial charge in [0.1, 0.15) is 5.75 Å². The number of aromatic nitrogens is 4. The van der Waals surface area contributed by atoms with Crippen LogP contribution in [0.4, 0.5) is 0 Å². The SMILES string of the molecule is CCOC(=O)C(=Cc1ccc(OC)cc1)n1nnnc1C. The van der Waals surface area contributed by atoms with E-state index in [0.717, 1.165) is 11.3 Å². The molecular weight excluding hydrogens is 272 g/mol. The number of carbonyl (C=O) groups excluding carboxylic acids is 1. The van der Waals surface area contributed by atoms with Crippen molar-refractivity contribution in [1.29, 1.82) is 0 Å². The normalized spacial score (nSPS) is 11.3. The maximum Gasteiger partial charge on any atom is 0.357 e. The van der Waals surface area contributed by atoms with Gasteiger partial charge in [-0.05, 0) is 48.0 Å². The Bertz CT molecular complexity index is 646. The van der Waals surface area contributed by atoms with Crippen LogP contribution in [-0.4, -0.2) is 39.9 Å². The second kappa shape index (κ2) is 6.65. The Morgan fingerprint density at radius 1 is 1.33 bits per heavy atom. The van der Waals surface area contributed by atoms with Crippen LogP contribution in [-0.2, 0) is 9.53 Å². The molecule has 7 heteroatoms. The first-order valence-corrected chi connectivity index (χ1v) is 6.44. The lowest BCUT2D eigenvalue weighted by atomic mass is 10.2. The molecular formula is C14H16N4O3. The average Bonchev–Trinajstić information content (AvgIpc) is 2.91. The first-order chi connectivity index (χ1) is 10.2. The minimum atomic E-state index is -0.483. The summed E-state index contributed by atoms with van der Waals surface area (Å²) in [5.74, 6) is 0.759. The third-order valence-electron chi connectivity index (χ3n) is 2.76. The van der Waals surface area contributed by atoms with Gasteiger partial charge in [0.15, 0.2) is 11.5 Å². The van der Waals surface area contributed by atoms with Gasteiger partial charge in [0.2, 0.25) is 0 Å². The molecule has 0 aliphatic rings. The zero-order chi connectivity index (χ0) is 15.2. The lowest BCUT2D eigenvalue weighted by Gasteiger charge is -2.07. The van der Waals surface area contributed by atoms with Gasteiger partial charge in [-0.3, -0.25) is 0 Å². The summed E-state index contributed by atoms with van der Waals surface area (Å²) in [6.07, 6.45) is 1.67. The summed E-state index contributed by atoms with van der Waals surface area (Å²) < 4.78 is 11.5. The zero-order valence-electron chi connectivity index (χ0n) is 12.1. The number of ether oxygens (including phenoxy) is 2. The summed E-state index contributed by atoms with van der Waals surface area (Å²) in [6.45, 7) is 3.73. The minimum Gasteiger partial charge on any atom is -0.497 e. The molecule has 0 fully saturated rings. The second-order valence-electron chi connectivity index (χ2n) is 4.16. The van der Waals surface area contributed by atoms with E-state index in [0.29, 0.717) is 5.82 Å². The van der Waals surface area contributed by atoms with Gasteiger partial charge >= 0.3 is 5.97 Å². The number of esters is 1. The van der Waals surface area contributed by atoms with E-state index in [2.05, 4.69) is 15.5 Å². The molecule has 0 amide bonds. The molecule has 0 bridgehead atoms. The van der Waals surface area contributed by atoms with Crippen molar-refractivity contribution >= 4 is 17.7 Å². The molecule has 21 heavy (non-hydrogen) atoms. The van der Waals surface area contributed by atoms with Gasteiger partial charge in [-0.25, -0.2) is 4.79 Å². The maximum atomic E-state index is 12.1. The fourth-order valence-electron chi connectivity index (χ4n) is 1.72. The van der Waals surface area contributed by atoms with Crippen molar-refractivity contribution in [3.8, 4) is 5.75 Å².